The van der Waals surface area contributed by atoms with E-state index in [0.717, 1.165) is 4.96 Å². The summed E-state index contributed by atoms with van der Waals surface area (Å²) in [5.41, 5.74) is 0.667. The van der Waals surface area contributed by atoms with Crippen molar-refractivity contribution in [1.82, 2.24) is 14.7 Å². The average molecular weight is 295 g/mol. The van der Waals surface area contributed by atoms with E-state index in [-0.39, 0.29) is 25.5 Å². The van der Waals surface area contributed by atoms with E-state index in [1.54, 1.807) is 6.20 Å². The lowest BCUT2D eigenvalue weighted by atomic mass is 10.0. The molecular weight excluding hydrogens is 282 g/mol. The number of carboxylic acid groups (broad SMARTS) is 1. The van der Waals surface area contributed by atoms with Crippen molar-refractivity contribution < 1.29 is 19.4 Å². The number of ether oxygens (including phenoxy) is 1. The molecule has 0 aliphatic carbocycles. The number of aromatic nitrogens is 2. The topological polar surface area (TPSA) is 92.9 Å². The molecule has 20 heavy (non-hydrogen) atoms. The number of carboxylic acids is 1. The molecule has 2 aromatic heterocycles. The maximum Gasteiger partial charge on any atom is 0.311 e. The summed E-state index contributed by atoms with van der Waals surface area (Å²) in [6.45, 7) is 0.376. The highest BCUT2D eigenvalue weighted by Gasteiger charge is 2.35. The van der Waals surface area contributed by atoms with Gasteiger partial charge in [0, 0.05) is 17.8 Å². The van der Waals surface area contributed by atoms with Gasteiger partial charge in [-0.1, -0.05) is 0 Å². The van der Waals surface area contributed by atoms with Crippen molar-refractivity contribution in [1.29, 1.82) is 0 Å². The fraction of sp³-hybridized carbons (Fsp3) is 0.417. The van der Waals surface area contributed by atoms with Gasteiger partial charge in [-0.2, -0.15) is 0 Å². The SMILES string of the molecule is O=C(Cc1cn2ccsc2n1)NC1COCC1C(=O)O. The fourth-order valence-corrected chi connectivity index (χ4v) is 2.94. The highest BCUT2D eigenvalue weighted by Crippen LogP contribution is 2.15. The number of nitrogens with zero attached hydrogens (tertiary/aromatic N) is 2. The fourth-order valence-electron chi connectivity index (χ4n) is 2.22. The Balaban J connectivity index is 1.62. The molecule has 1 aliphatic heterocycles. The third-order valence-electron chi connectivity index (χ3n) is 3.23. The molecule has 2 unspecified atom stereocenters. The first kappa shape index (κ1) is 13.1. The zero-order valence-electron chi connectivity index (χ0n) is 10.5. The van der Waals surface area contributed by atoms with Crippen molar-refractivity contribution in [3.8, 4) is 0 Å². The third kappa shape index (κ3) is 2.52. The van der Waals surface area contributed by atoms with Crippen LogP contribution in [0.1, 0.15) is 5.69 Å². The van der Waals surface area contributed by atoms with Crippen LogP contribution in [0, 0.1) is 5.92 Å². The highest BCUT2D eigenvalue weighted by atomic mass is 32.1. The quantitative estimate of drug-likeness (QED) is 0.838. The van der Waals surface area contributed by atoms with E-state index in [0.29, 0.717) is 5.69 Å². The summed E-state index contributed by atoms with van der Waals surface area (Å²) < 4.78 is 6.96. The van der Waals surface area contributed by atoms with Crippen LogP contribution in [0.2, 0.25) is 0 Å². The molecule has 0 radical (unpaired) electrons. The highest BCUT2D eigenvalue weighted by molar-refractivity contribution is 7.15. The van der Waals surface area contributed by atoms with Crippen molar-refractivity contribution in [2.75, 3.05) is 13.2 Å². The Morgan fingerprint density at radius 2 is 2.40 bits per heavy atom. The van der Waals surface area contributed by atoms with Gasteiger partial charge in [0.1, 0.15) is 5.92 Å². The number of rotatable bonds is 4. The van der Waals surface area contributed by atoms with Crippen molar-refractivity contribution in [2.24, 2.45) is 5.92 Å². The Hall–Kier alpha value is -1.93. The maximum atomic E-state index is 11.9. The molecule has 8 heteroatoms. The minimum Gasteiger partial charge on any atom is -0.481 e. The number of fused-ring (bicyclic) bond motifs is 1. The largest absolute Gasteiger partial charge is 0.481 e. The first-order chi connectivity index (χ1) is 9.63. The molecule has 0 spiro atoms. The third-order valence-corrected chi connectivity index (χ3v) is 4.00. The first-order valence-electron chi connectivity index (χ1n) is 6.14. The van der Waals surface area contributed by atoms with Crippen LogP contribution in [0.4, 0.5) is 0 Å². The van der Waals surface area contributed by atoms with Gasteiger partial charge >= 0.3 is 5.97 Å². The monoisotopic (exact) mass is 295 g/mol. The molecule has 3 heterocycles. The van der Waals surface area contributed by atoms with E-state index in [4.69, 9.17) is 9.84 Å². The molecule has 1 saturated heterocycles. The number of carbonyl (C=O) groups is 2. The first-order valence-corrected chi connectivity index (χ1v) is 7.02. The molecule has 2 N–H and O–H groups in total. The van der Waals surface area contributed by atoms with Crippen molar-refractivity contribution in [3.05, 3.63) is 23.5 Å². The molecule has 0 saturated carbocycles. The molecule has 2 atom stereocenters. The van der Waals surface area contributed by atoms with Gasteiger partial charge in [-0.15, -0.1) is 11.3 Å². The summed E-state index contributed by atoms with van der Waals surface area (Å²) in [4.78, 5) is 28.1. The van der Waals surface area contributed by atoms with Gasteiger partial charge in [0.15, 0.2) is 4.96 Å². The molecule has 1 aliphatic rings. The number of aliphatic carboxylic acids is 1. The van der Waals surface area contributed by atoms with E-state index >= 15 is 0 Å². The summed E-state index contributed by atoms with van der Waals surface area (Å²) in [6.07, 6.45) is 3.81. The van der Waals surface area contributed by atoms with Crippen LogP contribution < -0.4 is 5.32 Å². The van der Waals surface area contributed by atoms with Crippen LogP contribution in [0.3, 0.4) is 0 Å². The van der Waals surface area contributed by atoms with E-state index in [2.05, 4.69) is 10.3 Å². The molecule has 3 rings (SSSR count). The van der Waals surface area contributed by atoms with Gasteiger partial charge in [-0.25, -0.2) is 4.98 Å². The molecule has 7 nitrogen and oxygen atoms in total. The van der Waals surface area contributed by atoms with E-state index < -0.39 is 17.9 Å². The molecule has 0 bridgehead atoms. The zero-order valence-corrected chi connectivity index (χ0v) is 11.3. The molecule has 2 aromatic rings. The van der Waals surface area contributed by atoms with Crippen molar-refractivity contribution in [2.45, 2.75) is 12.5 Å². The Morgan fingerprint density at radius 3 is 3.15 bits per heavy atom. The molecule has 106 valence electrons. The predicted octanol–water partition coefficient (Wildman–Crippen LogP) is 0.154. The lowest BCUT2D eigenvalue weighted by Crippen LogP contribution is -2.43. The molecule has 0 aromatic carbocycles. The number of carbonyl (C=O) groups excluding carboxylic acids is 1. The van der Waals surface area contributed by atoms with E-state index in [1.807, 2.05) is 16.0 Å². The second kappa shape index (κ2) is 5.22. The van der Waals surface area contributed by atoms with Gasteiger partial charge in [-0.05, 0) is 0 Å². The Labute approximate surface area is 118 Å². The summed E-state index contributed by atoms with van der Waals surface area (Å²) in [7, 11) is 0. The second-order valence-corrected chi connectivity index (χ2v) is 5.53. The summed E-state index contributed by atoms with van der Waals surface area (Å²) in [5.74, 6) is -1.86. The molecular formula is C12H13N3O4S. The van der Waals surface area contributed by atoms with Gasteiger partial charge in [-0.3, -0.25) is 14.0 Å². The Kier molecular flexibility index (Phi) is 3.41. The minimum absolute atomic E-state index is 0.136. The van der Waals surface area contributed by atoms with Crippen LogP contribution >= 0.6 is 11.3 Å². The van der Waals surface area contributed by atoms with Crippen molar-refractivity contribution in [3.63, 3.8) is 0 Å². The Bertz CT molecular complexity index is 621. The minimum atomic E-state index is -0.949. The zero-order chi connectivity index (χ0) is 14.1. The van der Waals surface area contributed by atoms with Crippen LogP contribution in [-0.2, 0) is 20.7 Å². The Morgan fingerprint density at radius 1 is 1.55 bits per heavy atom. The number of amides is 1. The van der Waals surface area contributed by atoms with Crippen LogP contribution in [-0.4, -0.2) is 45.6 Å². The van der Waals surface area contributed by atoms with Crippen LogP contribution in [0.15, 0.2) is 17.8 Å². The number of thiazole rings is 1. The normalized spacial score (nSPS) is 22.2. The summed E-state index contributed by atoms with van der Waals surface area (Å²) >= 11 is 1.49. The average Bonchev–Trinajstić information content (AvgIpc) is 3.03. The van der Waals surface area contributed by atoms with Gasteiger partial charge < -0.3 is 15.2 Å². The lowest BCUT2D eigenvalue weighted by Gasteiger charge is -2.15. The summed E-state index contributed by atoms with van der Waals surface area (Å²) in [5, 5.41) is 13.6. The van der Waals surface area contributed by atoms with Gasteiger partial charge in [0.2, 0.25) is 5.91 Å². The maximum absolute atomic E-state index is 11.9. The smallest absolute Gasteiger partial charge is 0.311 e. The number of hydrogen-bond donors (Lipinski definition) is 2. The lowest BCUT2D eigenvalue weighted by molar-refractivity contribution is -0.142. The summed E-state index contributed by atoms with van der Waals surface area (Å²) in [6, 6.07) is -0.469. The standard InChI is InChI=1S/C12H13N3O4S/c16-10(14-9-6-19-5-8(9)11(17)18)3-7-4-15-1-2-20-12(15)13-7/h1-2,4,8-9H,3,5-6H2,(H,14,16)(H,17,18). The molecule has 1 fully saturated rings. The number of hydrogen-bond acceptors (Lipinski definition) is 5. The van der Waals surface area contributed by atoms with Crippen LogP contribution in [0.5, 0.6) is 0 Å². The van der Waals surface area contributed by atoms with Gasteiger partial charge in [0.05, 0.1) is 31.4 Å². The van der Waals surface area contributed by atoms with Crippen molar-refractivity contribution >= 4 is 28.2 Å². The van der Waals surface area contributed by atoms with Crippen LogP contribution in [0.25, 0.3) is 4.96 Å². The predicted molar refractivity (Wildman–Crippen MR) is 70.6 cm³/mol. The molecule has 1 amide bonds. The second-order valence-electron chi connectivity index (χ2n) is 4.66. The van der Waals surface area contributed by atoms with E-state index in [9.17, 15) is 9.59 Å². The van der Waals surface area contributed by atoms with Gasteiger partial charge in [0.25, 0.3) is 0 Å². The number of imidazole rings is 1. The number of nitrogens with one attached hydrogen (secondary N) is 1. The van der Waals surface area contributed by atoms with E-state index in [1.165, 1.54) is 11.3 Å².